The third-order valence-corrected chi connectivity index (χ3v) is 6.06. The Balaban J connectivity index is 1.69. The summed E-state index contributed by atoms with van der Waals surface area (Å²) < 4.78 is 12.1. The molecular weight excluding hydrogens is 410 g/mol. The molecule has 1 N–H and O–H groups in total. The van der Waals surface area contributed by atoms with Crippen molar-refractivity contribution >= 4 is 10.8 Å². The van der Waals surface area contributed by atoms with Crippen LogP contribution in [0.15, 0.2) is 60.7 Å². The fraction of sp³-hybridized carbons (Fsp3) is 0.448. The molecule has 178 valence electrons. The van der Waals surface area contributed by atoms with Gasteiger partial charge in [-0.1, -0.05) is 42.5 Å². The average Bonchev–Trinajstić information content (AvgIpc) is 2.81. The van der Waals surface area contributed by atoms with Crippen molar-refractivity contribution in [3.8, 4) is 11.5 Å². The molecule has 0 aliphatic heterocycles. The van der Waals surface area contributed by atoms with Crippen molar-refractivity contribution in [3.63, 3.8) is 0 Å². The van der Waals surface area contributed by atoms with E-state index in [1.165, 1.54) is 21.9 Å². The van der Waals surface area contributed by atoms with Crippen LogP contribution in [0.3, 0.4) is 0 Å². The Morgan fingerprint density at radius 1 is 0.788 bits per heavy atom. The zero-order valence-electron chi connectivity index (χ0n) is 20.6. The SMILES string of the molecule is CC(C)N(CCOc1ccc(Cc2c(OCCCCO)ccc3ccccc23)cc1)C(C)C. The Morgan fingerprint density at radius 3 is 2.21 bits per heavy atom. The van der Waals surface area contributed by atoms with E-state index < -0.39 is 0 Å². The number of hydrogen-bond acceptors (Lipinski definition) is 4. The summed E-state index contributed by atoms with van der Waals surface area (Å²) >= 11 is 0. The third kappa shape index (κ3) is 7.21. The average molecular weight is 450 g/mol. The van der Waals surface area contributed by atoms with E-state index in [-0.39, 0.29) is 6.61 Å². The monoisotopic (exact) mass is 449 g/mol. The van der Waals surface area contributed by atoms with Crippen molar-refractivity contribution in [1.82, 2.24) is 4.90 Å². The molecule has 3 aromatic carbocycles. The molecule has 0 saturated heterocycles. The van der Waals surface area contributed by atoms with Crippen LogP contribution in [0.25, 0.3) is 10.8 Å². The van der Waals surface area contributed by atoms with Crippen LogP contribution in [-0.4, -0.2) is 48.5 Å². The van der Waals surface area contributed by atoms with Crippen molar-refractivity contribution in [3.05, 3.63) is 71.8 Å². The van der Waals surface area contributed by atoms with Gasteiger partial charge in [-0.15, -0.1) is 0 Å². The molecule has 0 heterocycles. The van der Waals surface area contributed by atoms with Gasteiger partial charge >= 0.3 is 0 Å². The molecule has 0 bridgehead atoms. The lowest BCUT2D eigenvalue weighted by molar-refractivity contribution is 0.142. The first-order valence-corrected chi connectivity index (χ1v) is 12.2. The number of unbranched alkanes of at least 4 members (excludes halogenated alkanes) is 1. The standard InChI is InChI=1S/C29H39NO3/c1-22(2)30(23(3)4)17-20-32-26-14-11-24(12-15-26)21-28-27-10-6-5-9-25(27)13-16-29(28)33-19-8-7-18-31/h5-6,9-16,22-23,31H,7-8,17-21H2,1-4H3. The molecule has 0 saturated carbocycles. The highest BCUT2D eigenvalue weighted by molar-refractivity contribution is 5.88. The molecule has 4 heteroatoms. The van der Waals surface area contributed by atoms with Gasteiger partial charge in [-0.05, 0) is 75.1 Å². The first-order chi connectivity index (χ1) is 16.0. The normalized spacial score (nSPS) is 11.6. The van der Waals surface area contributed by atoms with Crippen molar-refractivity contribution < 1.29 is 14.6 Å². The van der Waals surface area contributed by atoms with Gasteiger partial charge in [-0.25, -0.2) is 0 Å². The first kappa shape index (κ1) is 25.1. The van der Waals surface area contributed by atoms with Crippen LogP contribution in [0.1, 0.15) is 51.7 Å². The largest absolute Gasteiger partial charge is 0.493 e. The summed E-state index contributed by atoms with van der Waals surface area (Å²) in [4.78, 5) is 2.44. The Hall–Kier alpha value is -2.56. The summed E-state index contributed by atoms with van der Waals surface area (Å²) in [6, 6.07) is 22.1. The van der Waals surface area contributed by atoms with Crippen molar-refractivity contribution in [1.29, 1.82) is 0 Å². The minimum absolute atomic E-state index is 0.204. The highest BCUT2D eigenvalue weighted by Gasteiger charge is 2.13. The number of aliphatic hydroxyl groups is 1. The summed E-state index contributed by atoms with van der Waals surface area (Å²) in [6.07, 6.45) is 2.40. The summed E-state index contributed by atoms with van der Waals surface area (Å²) in [5.74, 6) is 1.83. The van der Waals surface area contributed by atoms with Gasteiger partial charge in [-0.3, -0.25) is 4.90 Å². The van der Waals surface area contributed by atoms with Crippen LogP contribution < -0.4 is 9.47 Å². The fourth-order valence-electron chi connectivity index (χ4n) is 4.32. The van der Waals surface area contributed by atoms with E-state index in [0.717, 1.165) is 37.3 Å². The van der Waals surface area contributed by atoms with Gasteiger partial charge in [0.1, 0.15) is 18.1 Å². The molecule has 0 amide bonds. The molecule has 4 nitrogen and oxygen atoms in total. The van der Waals surface area contributed by atoms with Crippen molar-refractivity contribution in [2.75, 3.05) is 26.4 Å². The number of hydrogen-bond donors (Lipinski definition) is 1. The Labute approximate surface area is 199 Å². The molecule has 0 unspecified atom stereocenters. The second-order valence-electron chi connectivity index (χ2n) is 9.14. The topological polar surface area (TPSA) is 41.9 Å². The second-order valence-corrected chi connectivity index (χ2v) is 9.14. The van der Waals surface area contributed by atoms with Crippen LogP contribution in [0, 0.1) is 0 Å². The highest BCUT2D eigenvalue weighted by Crippen LogP contribution is 2.31. The van der Waals surface area contributed by atoms with E-state index in [1.807, 2.05) is 0 Å². The van der Waals surface area contributed by atoms with Crippen LogP contribution in [0.4, 0.5) is 0 Å². The van der Waals surface area contributed by atoms with Crippen LogP contribution in [0.2, 0.25) is 0 Å². The number of fused-ring (bicyclic) bond motifs is 1. The number of ether oxygens (including phenoxy) is 2. The maximum atomic E-state index is 9.04. The highest BCUT2D eigenvalue weighted by atomic mass is 16.5. The lowest BCUT2D eigenvalue weighted by Gasteiger charge is -2.30. The smallest absolute Gasteiger partial charge is 0.123 e. The Kier molecular flexibility index (Phi) is 9.59. The molecule has 0 fully saturated rings. The van der Waals surface area contributed by atoms with Crippen LogP contribution in [0.5, 0.6) is 11.5 Å². The van der Waals surface area contributed by atoms with Gasteiger partial charge in [-0.2, -0.15) is 0 Å². The molecular formula is C29H39NO3. The maximum Gasteiger partial charge on any atom is 0.123 e. The van der Waals surface area contributed by atoms with E-state index in [1.54, 1.807) is 0 Å². The second kappa shape index (κ2) is 12.6. The number of aliphatic hydroxyl groups excluding tert-OH is 1. The third-order valence-electron chi connectivity index (χ3n) is 6.06. The number of nitrogens with zero attached hydrogens (tertiary/aromatic N) is 1. The van der Waals surface area contributed by atoms with Gasteiger partial charge in [0.2, 0.25) is 0 Å². The number of benzene rings is 3. The molecule has 0 spiro atoms. The van der Waals surface area contributed by atoms with Crippen molar-refractivity contribution in [2.24, 2.45) is 0 Å². The van der Waals surface area contributed by atoms with Gasteiger partial charge in [0.05, 0.1) is 6.61 Å². The molecule has 0 aromatic heterocycles. The first-order valence-electron chi connectivity index (χ1n) is 12.2. The molecule has 33 heavy (non-hydrogen) atoms. The van der Waals surface area contributed by atoms with Gasteiger partial charge in [0.15, 0.2) is 0 Å². The van der Waals surface area contributed by atoms with Crippen LogP contribution in [-0.2, 0) is 6.42 Å². The quantitative estimate of drug-likeness (QED) is 0.321. The summed E-state index contributed by atoms with van der Waals surface area (Å²) in [6.45, 7) is 11.3. The van der Waals surface area contributed by atoms with Crippen molar-refractivity contribution in [2.45, 2.75) is 59.0 Å². The lowest BCUT2D eigenvalue weighted by atomic mass is 9.97. The van der Waals surface area contributed by atoms with Gasteiger partial charge in [0.25, 0.3) is 0 Å². The van der Waals surface area contributed by atoms with Gasteiger partial charge < -0.3 is 14.6 Å². The van der Waals surface area contributed by atoms with E-state index >= 15 is 0 Å². The van der Waals surface area contributed by atoms with Crippen LogP contribution >= 0.6 is 0 Å². The summed E-state index contributed by atoms with van der Waals surface area (Å²) in [5, 5.41) is 11.5. The van der Waals surface area contributed by atoms with Gasteiger partial charge in [0, 0.05) is 37.2 Å². The predicted octanol–water partition coefficient (Wildman–Crippen LogP) is 6.08. The summed E-state index contributed by atoms with van der Waals surface area (Å²) in [7, 11) is 0. The molecule has 0 aliphatic carbocycles. The van der Waals surface area contributed by atoms with E-state index in [2.05, 4.69) is 93.3 Å². The minimum atomic E-state index is 0.204. The molecule has 3 rings (SSSR count). The fourth-order valence-corrected chi connectivity index (χ4v) is 4.32. The molecule has 0 aliphatic rings. The maximum absolute atomic E-state index is 9.04. The zero-order chi connectivity index (χ0) is 23.6. The zero-order valence-corrected chi connectivity index (χ0v) is 20.6. The Morgan fingerprint density at radius 2 is 1.52 bits per heavy atom. The molecule has 0 atom stereocenters. The van der Waals surface area contributed by atoms with E-state index in [4.69, 9.17) is 14.6 Å². The molecule has 0 radical (unpaired) electrons. The minimum Gasteiger partial charge on any atom is -0.493 e. The Bertz CT molecular complexity index is 974. The lowest BCUT2D eigenvalue weighted by Crippen LogP contribution is -2.39. The van der Waals surface area contributed by atoms with E-state index in [9.17, 15) is 0 Å². The summed E-state index contributed by atoms with van der Waals surface area (Å²) in [5.41, 5.74) is 2.43. The number of rotatable bonds is 13. The molecule has 3 aromatic rings. The van der Waals surface area contributed by atoms with E-state index in [0.29, 0.717) is 25.3 Å². The predicted molar refractivity (Wildman–Crippen MR) is 137 cm³/mol.